The van der Waals surface area contributed by atoms with Gasteiger partial charge in [-0.15, -0.1) is 11.3 Å². The van der Waals surface area contributed by atoms with Crippen molar-refractivity contribution in [1.82, 2.24) is 19.8 Å². The van der Waals surface area contributed by atoms with E-state index in [1.54, 1.807) is 17.0 Å². The molecule has 0 aromatic carbocycles. The first-order valence-electron chi connectivity index (χ1n) is 9.22. The zero-order valence-electron chi connectivity index (χ0n) is 15.4. The minimum Gasteiger partial charge on any atom is -0.372 e. The number of likely N-dealkylation sites (tertiary alicyclic amines) is 1. The molecular weight excluding hydrogens is 348 g/mol. The summed E-state index contributed by atoms with van der Waals surface area (Å²) in [6.45, 7) is 6.72. The van der Waals surface area contributed by atoms with Gasteiger partial charge < -0.3 is 14.6 Å². The summed E-state index contributed by atoms with van der Waals surface area (Å²) in [4.78, 5) is 20.2. The molecule has 140 valence electrons. The molecule has 2 aromatic heterocycles. The van der Waals surface area contributed by atoms with E-state index in [1.807, 2.05) is 18.4 Å². The van der Waals surface area contributed by atoms with Crippen LogP contribution in [0.25, 0.3) is 0 Å². The van der Waals surface area contributed by atoms with Gasteiger partial charge >= 0.3 is 0 Å². The van der Waals surface area contributed by atoms with Crippen molar-refractivity contribution in [3.8, 4) is 0 Å². The molecule has 0 radical (unpaired) electrons. The third kappa shape index (κ3) is 3.31. The number of amides is 1. The Kier molecular flexibility index (Phi) is 4.86. The molecule has 26 heavy (non-hydrogen) atoms. The molecule has 4 heterocycles. The fourth-order valence-corrected chi connectivity index (χ4v) is 5.10. The van der Waals surface area contributed by atoms with Gasteiger partial charge in [0, 0.05) is 57.1 Å². The largest absolute Gasteiger partial charge is 0.372 e. The average Bonchev–Trinajstić information content (AvgIpc) is 3.29. The molecule has 0 unspecified atom stereocenters. The van der Waals surface area contributed by atoms with Crippen LogP contribution in [0.3, 0.4) is 0 Å². The van der Waals surface area contributed by atoms with Crippen LogP contribution in [0.1, 0.15) is 33.9 Å². The number of rotatable bonds is 6. The second-order valence-electron chi connectivity index (χ2n) is 7.48. The zero-order chi connectivity index (χ0) is 18.1. The molecule has 2 aliphatic heterocycles. The Labute approximate surface area is 158 Å². The van der Waals surface area contributed by atoms with Gasteiger partial charge in [-0.25, -0.2) is 4.98 Å². The summed E-state index contributed by atoms with van der Waals surface area (Å²) in [5, 5.41) is 5.17. The molecular formula is C19H26N4O2S. The summed E-state index contributed by atoms with van der Waals surface area (Å²) in [5.41, 5.74) is 1.39. The number of carbonyl (C=O) groups is 1. The molecule has 2 fully saturated rings. The van der Waals surface area contributed by atoms with E-state index >= 15 is 0 Å². The Bertz CT molecular complexity index is 778. The van der Waals surface area contributed by atoms with E-state index in [4.69, 9.17) is 4.74 Å². The summed E-state index contributed by atoms with van der Waals surface area (Å²) in [6, 6.07) is 2.19. The molecule has 2 aromatic rings. The van der Waals surface area contributed by atoms with Crippen molar-refractivity contribution in [3.63, 3.8) is 0 Å². The number of imidazole rings is 1. The van der Waals surface area contributed by atoms with Gasteiger partial charge in [-0.1, -0.05) is 0 Å². The number of thiophene rings is 1. The maximum atomic E-state index is 12.2. The Morgan fingerprint density at radius 3 is 3.04 bits per heavy atom. The third-order valence-corrected chi connectivity index (χ3v) is 6.73. The van der Waals surface area contributed by atoms with Crippen LogP contribution in [0.5, 0.6) is 0 Å². The Morgan fingerprint density at radius 2 is 2.35 bits per heavy atom. The van der Waals surface area contributed by atoms with Crippen LogP contribution in [0.15, 0.2) is 23.8 Å². The molecule has 1 atom stereocenters. The predicted molar refractivity (Wildman–Crippen MR) is 101 cm³/mol. The van der Waals surface area contributed by atoms with E-state index in [0.29, 0.717) is 18.3 Å². The van der Waals surface area contributed by atoms with Crippen molar-refractivity contribution in [1.29, 1.82) is 0 Å². The molecule has 4 rings (SSSR count). The van der Waals surface area contributed by atoms with Crippen molar-refractivity contribution in [2.75, 3.05) is 26.2 Å². The lowest BCUT2D eigenvalue weighted by molar-refractivity contribution is -0.136. The molecule has 0 aliphatic carbocycles. The standard InChI is InChI=1S/C19H26N4O2S/c1-14-5-10-26-16(14)11-23-12-19(13-23)15(4-9-25-19)3-6-21-18(24)17-20-7-8-22(17)2/h5,7-8,10,15H,3-4,6,9,11-13H2,1-2H3,(H,21,24)/t15-/m1/s1. The van der Waals surface area contributed by atoms with Crippen LogP contribution in [0, 0.1) is 12.8 Å². The summed E-state index contributed by atoms with van der Waals surface area (Å²) < 4.78 is 7.89. The van der Waals surface area contributed by atoms with Crippen molar-refractivity contribution >= 4 is 17.2 Å². The van der Waals surface area contributed by atoms with Crippen molar-refractivity contribution < 1.29 is 9.53 Å². The molecule has 6 nitrogen and oxygen atoms in total. The van der Waals surface area contributed by atoms with E-state index in [9.17, 15) is 4.79 Å². The number of nitrogens with zero attached hydrogens (tertiary/aromatic N) is 3. The van der Waals surface area contributed by atoms with Crippen LogP contribution in [-0.4, -0.2) is 52.2 Å². The fourth-order valence-electron chi connectivity index (χ4n) is 4.16. The van der Waals surface area contributed by atoms with Gasteiger partial charge in [0.25, 0.3) is 5.91 Å². The lowest BCUT2D eigenvalue weighted by Gasteiger charge is -2.50. The zero-order valence-corrected chi connectivity index (χ0v) is 16.2. The lowest BCUT2D eigenvalue weighted by Crippen LogP contribution is -2.64. The van der Waals surface area contributed by atoms with Crippen LogP contribution < -0.4 is 5.32 Å². The lowest BCUT2D eigenvalue weighted by atomic mass is 9.79. The Hall–Kier alpha value is -1.70. The molecule has 1 N–H and O–H groups in total. The monoisotopic (exact) mass is 374 g/mol. The highest BCUT2D eigenvalue weighted by atomic mass is 32.1. The van der Waals surface area contributed by atoms with Gasteiger partial charge in [-0.2, -0.15) is 0 Å². The number of hydrogen-bond donors (Lipinski definition) is 1. The van der Waals surface area contributed by atoms with E-state index < -0.39 is 0 Å². The minimum absolute atomic E-state index is 0.000878. The third-order valence-electron chi connectivity index (χ3n) is 5.72. The number of nitrogens with one attached hydrogen (secondary N) is 1. The maximum Gasteiger partial charge on any atom is 0.287 e. The van der Waals surface area contributed by atoms with Gasteiger partial charge in [0.05, 0.1) is 5.60 Å². The van der Waals surface area contributed by atoms with Gasteiger partial charge in [-0.3, -0.25) is 9.69 Å². The van der Waals surface area contributed by atoms with Gasteiger partial charge in [0.2, 0.25) is 0 Å². The highest BCUT2D eigenvalue weighted by molar-refractivity contribution is 7.10. The van der Waals surface area contributed by atoms with Gasteiger partial charge in [0.15, 0.2) is 5.82 Å². The quantitative estimate of drug-likeness (QED) is 0.842. The Morgan fingerprint density at radius 1 is 1.50 bits per heavy atom. The number of carbonyl (C=O) groups excluding carboxylic acids is 1. The first-order valence-corrected chi connectivity index (χ1v) is 10.1. The number of aryl methyl sites for hydroxylation is 2. The Balaban J connectivity index is 1.26. The fraction of sp³-hybridized carbons (Fsp3) is 0.579. The second kappa shape index (κ2) is 7.13. The molecule has 0 bridgehead atoms. The molecule has 1 spiro atoms. The molecule has 7 heteroatoms. The van der Waals surface area contributed by atoms with Crippen LogP contribution in [0.2, 0.25) is 0 Å². The van der Waals surface area contributed by atoms with Crippen LogP contribution in [0.4, 0.5) is 0 Å². The van der Waals surface area contributed by atoms with Crippen LogP contribution in [-0.2, 0) is 18.3 Å². The van der Waals surface area contributed by atoms with Crippen molar-refractivity contribution in [3.05, 3.63) is 40.1 Å². The summed E-state index contributed by atoms with van der Waals surface area (Å²) in [7, 11) is 1.83. The summed E-state index contributed by atoms with van der Waals surface area (Å²) >= 11 is 1.84. The van der Waals surface area contributed by atoms with Crippen molar-refractivity contribution in [2.45, 2.75) is 31.9 Å². The number of hydrogen-bond acceptors (Lipinski definition) is 5. The average molecular weight is 375 g/mol. The van der Waals surface area contributed by atoms with Gasteiger partial charge in [0.1, 0.15) is 0 Å². The minimum atomic E-state index is -0.103. The number of aromatic nitrogens is 2. The second-order valence-corrected chi connectivity index (χ2v) is 8.48. The molecule has 0 saturated carbocycles. The smallest absolute Gasteiger partial charge is 0.287 e. The maximum absolute atomic E-state index is 12.2. The topological polar surface area (TPSA) is 59.4 Å². The van der Waals surface area contributed by atoms with Gasteiger partial charge in [-0.05, 0) is 42.7 Å². The highest BCUT2D eigenvalue weighted by Crippen LogP contribution is 2.42. The highest BCUT2D eigenvalue weighted by Gasteiger charge is 2.52. The van der Waals surface area contributed by atoms with Crippen molar-refractivity contribution in [2.24, 2.45) is 13.0 Å². The number of ether oxygens (including phenoxy) is 1. The first kappa shape index (κ1) is 17.7. The SMILES string of the molecule is Cc1ccsc1CN1CC2(C1)OCC[C@H]2CCNC(=O)c1nccn1C. The summed E-state index contributed by atoms with van der Waals surface area (Å²) in [5.74, 6) is 0.877. The molecule has 2 aliphatic rings. The van der Waals surface area contributed by atoms with E-state index in [1.165, 1.54) is 10.4 Å². The molecule has 1 amide bonds. The van der Waals surface area contributed by atoms with E-state index in [-0.39, 0.29) is 11.5 Å². The first-order chi connectivity index (χ1) is 12.6. The summed E-state index contributed by atoms with van der Waals surface area (Å²) in [6.07, 6.45) is 5.48. The van der Waals surface area contributed by atoms with E-state index in [2.05, 4.69) is 33.6 Å². The predicted octanol–water partition coefficient (Wildman–Crippen LogP) is 2.20. The normalized spacial score (nSPS) is 21.8. The molecule has 2 saturated heterocycles. The van der Waals surface area contributed by atoms with E-state index in [0.717, 1.165) is 39.1 Å². The van der Waals surface area contributed by atoms with Crippen LogP contribution >= 0.6 is 11.3 Å².